The number of hydrogen-bond donors (Lipinski definition) is 2. The van der Waals surface area contributed by atoms with Gasteiger partial charge in [0.05, 0.1) is 5.56 Å². The van der Waals surface area contributed by atoms with Crippen molar-refractivity contribution < 1.29 is 32.2 Å². The number of likely N-dealkylation sites (N-methyl/N-ethyl adjacent to an activating group) is 1. The molecular weight excluding hydrogens is 575 g/mol. The third-order valence-electron chi connectivity index (χ3n) is 8.41. The molecule has 2 unspecified atom stereocenters. The SMILES string of the molecule is CCN1CCN(Cc2cc(C(N)=O)cc(C(F)(F)F)c2)CC1.O=C1CCc2c(Oc3ccc4c(c3)C3CC3O4)ccnc2N1. The first-order valence-corrected chi connectivity index (χ1v) is 14.8. The molecule has 4 aliphatic rings. The van der Waals surface area contributed by atoms with Gasteiger partial charge in [0, 0.05) is 67.9 Å². The predicted octanol–water partition coefficient (Wildman–Crippen LogP) is 4.95. The highest BCUT2D eigenvalue weighted by molar-refractivity contribution is 5.93. The lowest BCUT2D eigenvalue weighted by Gasteiger charge is -2.34. The van der Waals surface area contributed by atoms with Gasteiger partial charge in [0.1, 0.15) is 29.2 Å². The van der Waals surface area contributed by atoms with E-state index < -0.39 is 17.6 Å². The highest BCUT2D eigenvalue weighted by atomic mass is 19.4. The topological polar surface area (TPSA) is 110 Å². The number of ether oxygens (including phenoxy) is 2. The molecule has 0 radical (unpaired) electrons. The first-order valence-electron chi connectivity index (χ1n) is 14.8. The molecule has 1 saturated carbocycles. The van der Waals surface area contributed by atoms with Crippen molar-refractivity contribution in [3.63, 3.8) is 0 Å². The maximum absolute atomic E-state index is 12.9. The number of fused-ring (bicyclic) bond motifs is 4. The van der Waals surface area contributed by atoms with E-state index in [9.17, 15) is 22.8 Å². The van der Waals surface area contributed by atoms with Crippen molar-refractivity contribution in [1.82, 2.24) is 14.8 Å². The molecule has 1 aromatic heterocycles. The van der Waals surface area contributed by atoms with Gasteiger partial charge in [-0.3, -0.25) is 14.5 Å². The van der Waals surface area contributed by atoms with E-state index in [0.717, 1.165) is 74.1 Å². The maximum Gasteiger partial charge on any atom is 0.416 e. The number of halogens is 3. The lowest BCUT2D eigenvalue weighted by atomic mass is 10.0. The molecule has 2 atom stereocenters. The summed E-state index contributed by atoms with van der Waals surface area (Å²) in [6.07, 6.45) is -0.199. The fraction of sp³-hybridized carbons (Fsp3) is 0.406. The van der Waals surface area contributed by atoms with Gasteiger partial charge in [0.15, 0.2) is 0 Å². The van der Waals surface area contributed by atoms with Gasteiger partial charge in [-0.25, -0.2) is 4.98 Å². The molecule has 0 spiro atoms. The van der Waals surface area contributed by atoms with Crippen LogP contribution < -0.4 is 20.5 Å². The molecule has 3 N–H and O–H groups in total. The molecule has 2 fully saturated rings. The van der Waals surface area contributed by atoms with E-state index in [1.807, 2.05) is 18.2 Å². The molecule has 12 heteroatoms. The molecule has 3 aliphatic heterocycles. The van der Waals surface area contributed by atoms with Gasteiger partial charge in [-0.2, -0.15) is 13.2 Å². The largest absolute Gasteiger partial charge is 0.489 e. The smallest absolute Gasteiger partial charge is 0.416 e. The number of benzene rings is 2. The first-order chi connectivity index (χ1) is 21.1. The standard InChI is InChI=1S/C17H14N2O3.C15H20F3N3O/c20-16-4-2-10-14(5-6-18-17(10)19-16)21-9-1-3-13-11(7-9)12-8-15(12)22-13;1-2-20-3-5-21(6-4-20)10-11-7-12(14(19)22)9-13(8-11)15(16,17)18/h1,3,5-7,12,15H,2,4,8H2,(H,18,19,20);7-9H,2-6,10H2,1H3,(H2,19,22). The van der Waals surface area contributed by atoms with Gasteiger partial charge in [-0.05, 0) is 67.4 Å². The quantitative estimate of drug-likeness (QED) is 0.407. The lowest BCUT2D eigenvalue weighted by molar-refractivity contribution is -0.137. The van der Waals surface area contributed by atoms with Crippen molar-refractivity contribution in [1.29, 1.82) is 0 Å². The van der Waals surface area contributed by atoms with Crippen molar-refractivity contribution in [2.45, 2.75) is 50.9 Å². The molecule has 1 saturated heterocycles. The van der Waals surface area contributed by atoms with E-state index in [1.165, 1.54) is 11.6 Å². The predicted molar refractivity (Wildman–Crippen MR) is 157 cm³/mol. The van der Waals surface area contributed by atoms with Crippen LogP contribution in [0.15, 0.2) is 48.7 Å². The van der Waals surface area contributed by atoms with Crippen molar-refractivity contribution >= 4 is 17.6 Å². The van der Waals surface area contributed by atoms with Crippen LogP contribution in [0.5, 0.6) is 17.2 Å². The van der Waals surface area contributed by atoms with Crippen LogP contribution >= 0.6 is 0 Å². The number of anilines is 1. The fourth-order valence-electron chi connectivity index (χ4n) is 5.87. The summed E-state index contributed by atoms with van der Waals surface area (Å²) < 4.78 is 50.6. The molecule has 4 heterocycles. The van der Waals surface area contributed by atoms with E-state index in [2.05, 4.69) is 33.1 Å². The van der Waals surface area contributed by atoms with Crippen LogP contribution in [0.25, 0.3) is 0 Å². The van der Waals surface area contributed by atoms with Gasteiger partial charge < -0.3 is 25.4 Å². The summed E-state index contributed by atoms with van der Waals surface area (Å²) in [4.78, 5) is 31.3. The van der Waals surface area contributed by atoms with Crippen LogP contribution in [0.1, 0.15) is 58.3 Å². The number of piperazine rings is 1. The van der Waals surface area contributed by atoms with Gasteiger partial charge in [-0.15, -0.1) is 0 Å². The molecule has 2 amide bonds. The average molecular weight is 610 g/mol. The number of nitrogens with zero attached hydrogens (tertiary/aromatic N) is 3. The van der Waals surface area contributed by atoms with Gasteiger partial charge in [0.25, 0.3) is 0 Å². The van der Waals surface area contributed by atoms with Gasteiger partial charge >= 0.3 is 6.18 Å². The third-order valence-corrected chi connectivity index (χ3v) is 8.41. The minimum absolute atomic E-state index is 0.00612. The Balaban J connectivity index is 0.000000156. The third kappa shape index (κ3) is 6.66. The minimum Gasteiger partial charge on any atom is -0.489 e. The molecule has 3 aromatic rings. The Bertz CT molecular complexity index is 1570. The second-order valence-electron chi connectivity index (χ2n) is 11.5. The Morgan fingerprint density at radius 3 is 2.59 bits per heavy atom. The number of hydrogen-bond acceptors (Lipinski definition) is 7. The van der Waals surface area contributed by atoms with Crippen molar-refractivity contribution in [2.75, 3.05) is 38.0 Å². The zero-order valence-corrected chi connectivity index (χ0v) is 24.3. The maximum atomic E-state index is 12.9. The Morgan fingerprint density at radius 1 is 1.09 bits per heavy atom. The summed E-state index contributed by atoms with van der Waals surface area (Å²) in [6.45, 7) is 6.86. The number of amides is 2. The molecule has 2 aromatic carbocycles. The summed E-state index contributed by atoms with van der Waals surface area (Å²) in [7, 11) is 0. The number of nitrogens with one attached hydrogen (secondary N) is 1. The molecule has 0 bridgehead atoms. The first kappa shape index (κ1) is 29.9. The van der Waals surface area contributed by atoms with Crippen LogP contribution in [0.2, 0.25) is 0 Å². The zero-order valence-electron chi connectivity index (χ0n) is 24.3. The van der Waals surface area contributed by atoms with E-state index in [0.29, 0.717) is 42.8 Å². The van der Waals surface area contributed by atoms with Gasteiger partial charge in [0.2, 0.25) is 11.8 Å². The van der Waals surface area contributed by atoms with Crippen LogP contribution in [-0.2, 0) is 23.9 Å². The second-order valence-corrected chi connectivity index (χ2v) is 11.5. The number of rotatable bonds is 6. The van der Waals surface area contributed by atoms with Crippen LogP contribution in [-0.4, -0.2) is 65.4 Å². The van der Waals surface area contributed by atoms with E-state index in [-0.39, 0.29) is 11.5 Å². The normalized spacial score (nSPS) is 20.7. The Hall–Kier alpha value is -4.16. The number of alkyl halides is 3. The summed E-state index contributed by atoms with van der Waals surface area (Å²) in [6, 6.07) is 11.2. The summed E-state index contributed by atoms with van der Waals surface area (Å²) in [5.74, 6) is 2.87. The fourth-order valence-corrected chi connectivity index (χ4v) is 5.87. The highest BCUT2D eigenvalue weighted by Crippen LogP contribution is 2.54. The van der Waals surface area contributed by atoms with Gasteiger partial charge in [-0.1, -0.05) is 6.92 Å². The second kappa shape index (κ2) is 12.1. The summed E-state index contributed by atoms with van der Waals surface area (Å²) in [5, 5.41) is 2.79. The average Bonchev–Trinajstić information content (AvgIpc) is 3.68. The number of carbonyl (C=O) groups excluding carboxylic acids is 2. The number of primary amides is 1. The Kier molecular flexibility index (Phi) is 8.21. The molecular formula is C32H34F3N5O4. The number of pyridine rings is 1. The molecule has 7 rings (SSSR count). The number of nitrogens with two attached hydrogens (primary N) is 1. The minimum atomic E-state index is -4.49. The van der Waals surface area contributed by atoms with E-state index >= 15 is 0 Å². The van der Waals surface area contributed by atoms with Crippen molar-refractivity contribution in [3.05, 3.63) is 76.5 Å². The van der Waals surface area contributed by atoms with Crippen LogP contribution in [0.4, 0.5) is 19.0 Å². The Morgan fingerprint density at radius 2 is 1.86 bits per heavy atom. The summed E-state index contributed by atoms with van der Waals surface area (Å²) >= 11 is 0. The Labute approximate surface area is 253 Å². The zero-order chi connectivity index (χ0) is 31.0. The molecule has 232 valence electrons. The van der Waals surface area contributed by atoms with E-state index in [4.69, 9.17) is 15.2 Å². The summed E-state index contributed by atoms with van der Waals surface area (Å²) in [5.41, 5.74) is 6.89. The van der Waals surface area contributed by atoms with Crippen LogP contribution in [0.3, 0.4) is 0 Å². The molecule has 1 aliphatic carbocycles. The number of aromatic nitrogens is 1. The monoisotopic (exact) mass is 609 g/mol. The lowest BCUT2D eigenvalue weighted by Crippen LogP contribution is -2.45. The number of carbonyl (C=O) groups is 2. The van der Waals surface area contributed by atoms with E-state index in [1.54, 1.807) is 6.20 Å². The molecule has 44 heavy (non-hydrogen) atoms. The highest BCUT2D eigenvalue weighted by Gasteiger charge is 2.48. The van der Waals surface area contributed by atoms with Crippen molar-refractivity contribution in [3.8, 4) is 17.2 Å². The van der Waals surface area contributed by atoms with Crippen LogP contribution in [0, 0.1) is 0 Å². The van der Waals surface area contributed by atoms with Crippen molar-refractivity contribution in [2.24, 2.45) is 5.73 Å². The molecule has 9 nitrogen and oxygen atoms in total.